The van der Waals surface area contributed by atoms with Crippen molar-refractivity contribution in [2.45, 2.75) is 11.6 Å². The first-order valence-electron chi connectivity index (χ1n) is 8.98. The summed E-state index contributed by atoms with van der Waals surface area (Å²) in [7, 11) is 1.81. The van der Waals surface area contributed by atoms with Crippen molar-refractivity contribution in [3.8, 4) is 5.69 Å². The number of benzene rings is 2. The molecular weight excluding hydrogens is 450 g/mol. The second-order valence-corrected chi connectivity index (χ2v) is 8.26. The summed E-state index contributed by atoms with van der Waals surface area (Å²) in [4.78, 5) is 23.1. The number of thioether (sulfide) groups is 1. The molecule has 0 saturated carbocycles. The number of rotatable bonds is 6. The first kappa shape index (κ1) is 19.6. The fourth-order valence-electron chi connectivity index (χ4n) is 2.91. The number of para-hydroxylation sites is 1. The molecule has 4 rings (SSSR count). The first-order valence-corrected chi connectivity index (χ1v) is 10.8. The maximum absolute atomic E-state index is 12.6. The van der Waals surface area contributed by atoms with Crippen molar-refractivity contribution in [3.05, 3.63) is 77.2 Å². The molecule has 0 aliphatic rings. The summed E-state index contributed by atoms with van der Waals surface area (Å²) >= 11 is 4.93. The lowest BCUT2D eigenvalue weighted by molar-refractivity contribution is -0.127. The van der Waals surface area contributed by atoms with Gasteiger partial charge in [0.25, 0.3) is 0 Å². The highest BCUT2D eigenvalue weighted by Gasteiger charge is 2.15. The predicted octanol–water partition coefficient (Wildman–Crippen LogP) is 4.33. The molecule has 4 aromatic rings. The molecule has 29 heavy (non-hydrogen) atoms. The number of nitrogens with zero attached hydrogens (tertiary/aromatic N) is 5. The Morgan fingerprint density at radius 3 is 2.66 bits per heavy atom. The largest absolute Gasteiger partial charge is 0.341 e. The van der Waals surface area contributed by atoms with Crippen LogP contribution in [0.25, 0.3) is 16.7 Å². The number of aromatic nitrogens is 4. The van der Waals surface area contributed by atoms with E-state index in [0.717, 1.165) is 31.8 Å². The molecule has 0 radical (unpaired) electrons. The monoisotopic (exact) mass is 467 g/mol. The lowest BCUT2D eigenvalue weighted by Gasteiger charge is -2.17. The summed E-state index contributed by atoms with van der Waals surface area (Å²) in [5.41, 5.74) is 2.73. The van der Waals surface area contributed by atoms with Gasteiger partial charge in [-0.25, -0.2) is 14.6 Å². The Morgan fingerprint density at radius 2 is 1.86 bits per heavy atom. The molecule has 2 aromatic heterocycles. The van der Waals surface area contributed by atoms with Crippen LogP contribution in [-0.4, -0.2) is 43.4 Å². The normalized spacial score (nSPS) is 11.0. The van der Waals surface area contributed by atoms with Crippen LogP contribution >= 0.6 is 27.7 Å². The van der Waals surface area contributed by atoms with Crippen molar-refractivity contribution in [1.82, 2.24) is 24.6 Å². The maximum atomic E-state index is 12.6. The van der Waals surface area contributed by atoms with E-state index in [0.29, 0.717) is 12.3 Å². The zero-order valence-electron chi connectivity index (χ0n) is 15.7. The Kier molecular flexibility index (Phi) is 5.92. The van der Waals surface area contributed by atoms with Crippen molar-refractivity contribution in [2.24, 2.45) is 0 Å². The van der Waals surface area contributed by atoms with Crippen LogP contribution in [0.4, 0.5) is 0 Å². The van der Waals surface area contributed by atoms with E-state index in [1.165, 1.54) is 18.1 Å². The van der Waals surface area contributed by atoms with E-state index in [4.69, 9.17) is 0 Å². The van der Waals surface area contributed by atoms with Crippen molar-refractivity contribution in [3.63, 3.8) is 0 Å². The van der Waals surface area contributed by atoms with Gasteiger partial charge in [-0.05, 0) is 23.8 Å². The smallest absolute Gasteiger partial charge is 0.233 e. The Labute approximate surface area is 181 Å². The Bertz CT molecular complexity index is 1150. The predicted molar refractivity (Wildman–Crippen MR) is 118 cm³/mol. The minimum Gasteiger partial charge on any atom is -0.341 e. The highest BCUT2D eigenvalue weighted by Crippen LogP contribution is 2.26. The van der Waals surface area contributed by atoms with E-state index in [2.05, 4.69) is 31.0 Å². The van der Waals surface area contributed by atoms with Gasteiger partial charge in [0, 0.05) is 18.1 Å². The summed E-state index contributed by atoms with van der Waals surface area (Å²) in [5.74, 6) is 0.330. The molecule has 6 nitrogen and oxygen atoms in total. The van der Waals surface area contributed by atoms with Crippen LogP contribution in [0, 0.1) is 0 Å². The first-order chi connectivity index (χ1) is 14.1. The molecule has 1 amide bonds. The summed E-state index contributed by atoms with van der Waals surface area (Å²) in [5, 5.41) is 6.04. The van der Waals surface area contributed by atoms with Gasteiger partial charge in [-0.1, -0.05) is 64.1 Å². The number of carbonyl (C=O) groups is 1. The van der Waals surface area contributed by atoms with Gasteiger partial charge >= 0.3 is 0 Å². The average Bonchev–Trinajstić information content (AvgIpc) is 3.19. The van der Waals surface area contributed by atoms with Gasteiger partial charge in [0.05, 0.1) is 23.0 Å². The van der Waals surface area contributed by atoms with E-state index < -0.39 is 0 Å². The standard InChI is InChI=1S/C21H18BrN5OS/c1-26(12-15-7-5-6-10-18(15)22)19(28)13-29-21-17-11-25-27(20(17)23-14-24-21)16-8-3-2-4-9-16/h2-11,14H,12-13H2,1H3. The molecule has 2 heterocycles. The van der Waals surface area contributed by atoms with Crippen molar-refractivity contribution >= 4 is 44.6 Å². The number of amides is 1. The van der Waals surface area contributed by atoms with E-state index in [1.807, 2.05) is 61.6 Å². The zero-order chi connectivity index (χ0) is 20.2. The molecular formula is C21H18BrN5OS. The third kappa shape index (κ3) is 4.33. The second kappa shape index (κ2) is 8.75. The fraction of sp³-hybridized carbons (Fsp3) is 0.143. The van der Waals surface area contributed by atoms with Gasteiger partial charge in [0.15, 0.2) is 5.65 Å². The molecule has 0 saturated heterocycles. The second-order valence-electron chi connectivity index (χ2n) is 6.44. The molecule has 0 aliphatic heterocycles. The molecule has 0 N–H and O–H groups in total. The maximum Gasteiger partial charge on any atom is 0.233 e. The number of fused-ring (bicyclic) bond motifs is 1. The van der Waals surface area contributed by atoms with Crippen LogP contribution in [0.1, 0.15) is 5.56 Å². The third-order valence-corrected chi connectivity index (χ3v) is 6.22. The van der Waals surface area contributed by atoms with Gasteiger partial charge in [0.1, 0.15) is 11.4 Å². The van der Waals surface area contributed by atoms with E-state index >= 15 is 0 Å². The summed E-state index contributed by atoms with van der Waals surface area (Å²) < 4.78 is 2.78. The molecule has 0 spiro atoms. The molecule has 2 aromatic carbocycles. The number of halogens is 1. The van der Waals surface area contributed by atoms with E-state index in [-0.39, 0.29) is 5.91 Å². The lowest BCUT2D eigenvalue weighted by atomic mass is 10.2. The van der Waals surface area contributed by atoms with Crippen LogP contribution in [0.3, 0.4) is 0 Å². The Hall–Kier alpha value is -2.71. The Balaban J connectivity index is 1.48. The number of carbonyl (C=O) groups excluding carboxylic acids is 1. The molecule has 0 atom stereocenters. The fourth-order valence-corrected chi connectivity index (χ4v) is 4.22. The van der Waals surface area contributed by atoms with Gasteiger partial charge in [-0.3, -0.25) is 4.79 Å². The van der Waals surface area contributed by atoms with Gasteiger partial charge in [-0.15, -0.1) is 0 Å². The van der Waals surface area contributed by atoms with Crippen molar-refractivity contribution < 1.29 is 4.79 Å². The van der Waals surface area contributed by atoms with Crippen LogP contribution in [0.15, 0.2) is 76.6 Å². The zero-order valence-corrected chi connectivity index (χ0v) is 18.1. The van der Waals surface area contributed by atoms with Crippen LogP contribution in [-0.2, 0) is 11.3 Å². The van der Waals surface area contributed by atoms with E-state index in [9.17, 15) is 4.79 Å². The highest BCUT2D eigenvalue weighted by atomic mass is 79.9. The van der Waals surface area contributed by atoms with E-state index in [1.54, 1.807) is 15.8 Å². The number of hydrogen-bond donors (Lipinski definition) is 0. The molecule has 8 heteroatoms. The van der Waals surface area contributed by atoms with Crippen LogP contribution in [0.5, 0.6) is 0 Å². The molecule has 0 unspecified atom stereocenters. The number of hydrogen-bond acceptors (Lipinski definition) is 5. The summed E-state index contributed by atoms with van der Waals surface area (Å²) in [6, 6.07) is 17.7. The molecule has 0 fully saturated rings. The van der Waals surface area contributed by atoms with Crippen molar-refractivity contribution in [2.75, 3.05) is 12.8 Å². The van der Waals surface area contributed by atoms with Crippen LogP contribution < -0.4 is 0 Å². The van der Waals surface area contributed by atoms with Crippen molar-refractivity contribution in [1.29, 1.82) is 0 Å². The van der Waals surface area contributed by atoms with Crippen LogP contribution in [0.2, 0.25) is 0 Å². The van der Waals surface area contributed by atoms with Gasteiger partial charge in [0.2, 0.25) is 5.91 Å². The van der Waals surface area contributed by atoms with Gasteiger partial charge < -0.3 is 4.90 Å². The molecule has 0 bridgehead atoms. The SMILES string of the molecule is CN(Cc1ccccc1Br)C(=O)CSc1ncnc2c1cnn2-c1ccccc1. The average molecular weight is 468 g/mol. The third-order valence-electron chi connectivity index (χ3n) is 4.45. The Morgan fingerprint density at radius 1 is 1.10 bits per heavy atom. The summed E-state index contributed by atoms with van der Waals surface area (Å²) in [6.45, 7) is 0.548. The highest BCUT2D eigenvalue weighted by molar-refractivity contribution is 9.10. The van der Waals surface area contributed by atoms with Gasteiger partial charge in [-0.2, -0.15) is 5.10 Å². The molecule has 146 valence electrons. The summed E-state index contributed by atoms with van der Waals surface area (Å²) in [6.07, 6.45) is 3.26. The quantitative estimate of drug-likeness (QED) is 0.312. The lowest BCUT2D eigenvalue weighted by Crippen LogP contribution is -2.28. The topological polar surface area (TPSA) is 63.9 Å². The minimum atomic E-state index is 0.0352. The minimum absolute atomic E-state index is 0.0352. The molecule has 0 aliphatic carbocycles.